The van der Waals surface area contributed by atoms with Gasteiger partial charge in [0.15, 0.2) is 0 Å². The van der Waals surface area contributed by atoms with Crippen LogP contribution in [0.5, 0.6) is 0 Å². The van der Waals surface area contributed by atoms with E-state index in [0.29, 0.717) is 11.5 Å². The van der Waals surface area contributed by atoms with Gasteiger partial charge in [0.1, 0.15) is 0 Å². The average molecular weight is 251 g/mol. The summed E-state index contributed by atoms with van der Waals surface area (Å²) >= 11 is 0. The molecule has 18 heavy (non-hydrogen) atoms. The monoisotopic (exact) mass is 251 g/mol. The van der Waals surface area contributed by atoms with E-state index in [-0.39, 0.29) is 18.4 Å². The first-order chi connectivity index (χ1) is 8.49. The molecule has 0 radical (unpaired) electrons. The smallest absolute Gasteiger partial charge is 0.305 e. The Labute approximate surface area is 105 Å². The van der Waals surface area contributed by atoms with Crippen molar-refractivity contribution in [2.75, 3.05) is 0 Å². The summed E-state index contributed by atoms with van der Waals surface area (Å²) in [6.07, 6.45) is 3.47. The van der Waals surface area contributed by atoms with Crippen molar-refractivity contribution in [1.29, 1.82) is 0 Å². The molecule has 1 aliphatic carbocycles. The Kier molecular flexibility index (Phi) is 3.36. The highest BCUT2D eigenvalue weighted by atomic mass is 16.4. The van der Waals surface area contributed by atoms with Crippen LogP contribution in [0.15, 0.2) is 6.20 Å². The highest BCUT2D eigenvalue weighted by Gasteiger charge is 2.34. The van der Waals surface area contributed by atoms with Gasteiger partial charge in [-0.3, -0.25) is 14.3 Å². The lowest BCUT2D eigenvalue weighted by atomic mass is 10.1. The topological polar surface area (TPSA) is 84.2 Å². The van der Waals surface area contributed by atoms with Crippen LogP contribution >= 0.6 is 0 Å². The van der Waals surface area contributed by atoms with Crippen molar-refractivity contribution in [3.05, 3.63) is 17.5 Å². The number of nitrogens with zero attached hydrogens (tertiary/aromatic N) is 2. The number of amides is 1. The molecule has 1 saturated carbocycles. The summed E-state index contributed by atoms with van der Waals surface area (Å²) in [6, 6.07) is -0.269. The van der Waals surface area contributed by atoms with Gasteiger partial charge in [-0.05, 0) is 25.7 Å². The number of carboxylic acid groups (broad SMARTS) is 1. The largest absolute Gasteiger partial charge is 0.481 e. The Morgan fingerprint density at radius 3 is 2.72 bits per heavy atom. The summed E-state index contributed by atoms with van der Waals surface area (Å²) in [6.45, 7) is 1.81. The molecular formula is C12H17N3O3. The van der Waals surface area contributed by atoms with Crippen molar-refractivity contribution in [2.45, 2.75) is 32.2 Å². The van der Waals surface area contributed by atoms with E-state index < -0.39 is 5.97 Å². The van der Waals surface area contributed by atoms with E-state index in [1.54, 1.807) is 11.7 Å². The van der Waals surface area contributed by atoms with Crippen LogP contribution in [0.4, 0.5) is 0 Å². The number of hydrogen-bond donors (Lipinski definition) is 2. The molecule has 0 aliphatic heterocycles. The molecule has 2 N–H and O–H groups in total. The van der Waals surface area contributed by atoms with Crippen molar-refractivity contribution < 1.29 is 14.7 Å². The quantitative estimate of drug-likeness (QED) is 0.807. The summed E-state index contributed by atoms with van der Waals surface area (Å²) in [5.41, 5.74) is 1.28. The molecule has 1 fully saturated rings. The fraction of sp³-hybridized carbons (Fsp3) is 0.583. The summed E-state index contributed by atoms with van der Waals surface area (Å²) in [4.78, 5) is 22.8. The molecule has 1 aromatic heterocycles. The highest BCUT2D eigenvalue weighted by molar-refractivity contribution is 5.95. The summed E-state index contributed by atoms with van der Waals surface area (Å²) in [7, 11) is 1.77. The van der Waals surface area contributed by atoms with Gasteiger partial charge in [-0.2, -0.15) is 5.10 Å². The molecular weight excluding hydrogens is 234 g/mol. The number of carboxylic acids is 1. The minimum Gasteiger partial charge on any atom is -0.481 e. The lowest BCUT2D eigenvalue weighted by Crippen LogP contribution is -2.38. The molecule has 1 heterocycles. The third-order valence-corrected chi connectivity index (χ3v) is 3.38. The molecule has 98 valence electrons. The number of aliphatic carboxylic acids is 1. The van der Waals surface area contributed by atoms with Crippen molar-refractivity contribution in [2.24, 2.45) is 13.0 Å². The van der Waals surface area contributed by atoms with Gasteiger partial charge in [0.05, 0.1) is 18.2 Å². The second-order valence-electron chi connectivity index (χ2n) is 4.78. The van der Waals surface area contributed by atoms with E-state index >= 15 is 0 Å². The molecule has 6 heteroatoms. The van der Waals surface area contributed by atoms with Crippen LogP contribution in [0.2, 0.25) is 0 Å². The standard InChI is InChI=1S/C12H17N3O3/c1-7-9(6-13-15(7)2)12(18)14-10(5-11(16)17)8-3-4-8/h6,8,10H,3-5H2,1-2H3,(H,14,18)(H,16,17). The van der Waals surface area contributed by atoms with Gasteiger partial charge in [0.25, 0.3) is 5.91 Å². The number of carbonyl (C=O) groups is 2. The molecule has 1 unspecified atom stereocenters. The fourth-order valence-electron chi connectivity index (χ4n) is 1.99. The Bertz CT molecular complexity index is 477. The lowest BCUT2D eigenvalue weighted by Gasteiger charge is -2.15. The molecule has 0 spiro atoms. The Balaban J connectivity index is 2.04. The number of hydrogen-bond acceptors (Lipinski definition) is 3. The minimum atomic E-state index is -0.880. The Hall–Kier alpha value is -1.85. The minimum absolute atomic E-state index is 0.0181. The molecule has 0 saturated heterocycles. The normalized spacial score (nSPS) is 16.3. The molecule has 1 atom stereocenters. The van der Waals surface area contributed by atoms with Crippen LogP contribution in [0.1, 0.15) is 35.3 Å². The third kappa shape index (κ3) is 2.69. The van der Waals surface area contributed by atoms with E-state index in [0.717, 1.165) is 18.5 Å². The van der Waals surface area contributed by atoms with E-state index in [1.807, 2.05) is 6.92 Å². The van der Waals surface area contributed by atoms with Gasteiger partial charge < -0.3 is 10.4 Å². The van der Waals surface area contributed by atoms with Crippen molar-refractivity contribution >= 4 is 11.9 Å². The van der Waals surface area contributed by atoms with Crippen LogP contribution in [-0.2, 0) is 11.8 Å². The van der Waals surface area contributed by atoms with E-state index in [9.17, 15) is 9.59 Å². The maximum atomic E-state index is 12.0. The summed E-state index contributed by atoms with van der Waals surface area (Å²) < 4.78 is 1.62. The molecule has 2 rings (SSSR count). The lowest BCUT2D eigenvalue weighted by molar-refractivity contribution is -0.137. The van der Waals surface area contributed by atoms with E-state index in [2.05, 4.69) is 10.4 Å². The van der Waals surface area contributed by atoms with E-state index in [4.69, 9.17) is 5.11 Å². The molecule has 0 aromatic carbocycles. The maximum absolute atomic E-state index is 12.0. The second-order valence-corrected chi connectivity index (χ2v) is 4.78. The number of rotatable bonds is 5. The summed E-state index contributed by atoms with van der Waals surface area (Å²) in [5.74, 6) is -0.809. The Morgan fingerprint density at radius 2 is 2.28 bits per heavy atom. The SMILES string of the molecule is Cc1c(C(=O)NC(CC(=O)O)C2CC2)cnn1C. The van der Waals surface area contributed by atoms with Crippen LogP contribution < -0.4 is 5.32 Å². The zero-order chi connectivity index (χ0) is 13.3. The van der Waals surface area contributed by atoms with Crippen LogP contribution in [0.25, 0.3) is 0 Å². The first kappa shape index (κ1) is 12.6. The van der Waals surface area contributed by atoms with Crippen molar-refractivity contribution in [1.82, 2.24) is 15.1 Å². The van der Waals surface area contributed by atoms with Gasteiger partial charge >= 0.3 is 5.97 Å². The zero-order valence-electron chi connectivity index (χ0n) is 10.5. The fourth-order valence-corrected chi connectivity index (χ4v) is 1.99. The first-order valence-corrected chi connectivity index (χ1v) is 6.00. The van der Waals surface area contributed by atoms with Crippen molar-refractivity contribution in [3.8, 4) is 0 Å². The predicted octanol–water partition coefficient (Wildman–Crippen LogP) is 0.712. The van der Waals surface area contributed by atoms with Crippen LogP contribution in [0.3, 0.4) is 0 Å². The Morgan fingerprint density at radius 1 is 1.61 bits per heavy atom. The van der Waals surface area contributed by atoms with Gasteiger partial charge in [-0.25, -0.2) is 0 Å². The summed E-state index contributed by atoms with van der Waals surface area (Å²) in [5, 5.41) is 15.6. The van der Waals surface area contributed by atoms with Crippen LogP contribution in [-0.4, -0.2) is 32.8 Å². The first-order valence-electron chi connectivity index (χ1n) is 6.00. The molecule has 1 aromatic rings. The van der Waals surface area contributed by atoms with Crippen molar-refractivity contribution in [3.63, 3.8) is 0 Å². The van der Waals surface area contributed by atoms with E-state index in [1.165, 1.54) is 6.20 Å². The van der Waals surface area contributed by atoms with Gasteiger partial charge in [-0.15, -0.1) is 0 Å². The number of carbonyl (C=O) groups excluding carboxylic acids is 1. The molecule has 0 bridgehead atoms. The molecule has 1 amide bonds. The van der Waals surface area contributed by atoms with Crippen LogP contribution in [0, 0.1) is 12.8 Å². The number of nitrogens with one attached hydrogen (secondary N) is 1. The average Bonchev–Trinajstić information content (AvgIpc) is 3.06. The van der Waals surface area contributed by atoms with Gasteiger partial charge in [0.2, 0.25) is 0 Å². The number of aromatic nitrogens is 2. The predicted molar refractivity (Wildman–Crippen MR) is 64.2 cm³/mol. The third-order valence-electron chi connectivity index (χ3n) is 3.38. The number of aryl methyl sites for hydroxylation is 1. The molecule has 6 nitrogen and oxygen atoms in total. The van der Waals surface area contributed by atoms with Gasteiger partial charge in [-0.1, -0.05) is 0 Å². The van der Waals surface area contributed by atoms with Gasteiger partial charge in [0, 0.05) is 18.8 Å². The zero-order valence-corrected chi connectivity index (χ0v) is 10.5. The maximum Gasteiger partial charge on any atom is 0.305 e. The second kappa shape index (κ2) is 4.80. The molecule has 1 aliphatic rings. The highest BCUT2D eigenvalue weighted by Crippen LogP contribution is 2.34.